The number of benzene rings is 1. The molecular formula is C25H33NO3S. The lowest BCUT2D eigenvalue weighted by molar-refractivity contribution is -0.138. The largest absolute Gasteiger partial charge is 0.461 e. The number of aryl methyl sites for hydroxylation is 1. The minimum absolute atomic E-state index is 0.0881. The minimum atomic E-state index is -0.373. The second-order valence-corrected chi connectivity index (χ2v) is 10.3. The Balaban J connectivity index is 2.02. The van der Waals surface area contributed by atoms with Gasteiger partial charge < -0.3 is 10.1 Å². The number of carbonyl (C=O) groups excluding carboxylic acids is 2. The van der Waals surface area contributed by atoms with Crippen molar-refractivity contribution in [3.05, 3.63) is 57.9 Å². The fraction of sp³-hybridized carbons (Fsp3) is 0.520. The highest BCUT2D eigenvalue weighted by molar-refractivity contribution is 7.99. The van der Waals surface area contributed by atoms with E-state index in [1.807, 2.05) is 6.92 Å². The molecule has 1 aliphatic heterocycles. The van der Waals surface area contributed by atoms with Crippen LogP contribution in [0.4, 0.5) is 0 Å². The Kier molecular flexibility index (Phi) is 7.12. The quantitative estimate of drug-likeness (QED) is 0.482. The number of hydrogen-bond acceptors (Lipinski definition) is 5. The summed E-state index contributed by atoms with van der Waals surface area (Å²) in [5.41, 5.74) is 5.16. The number of allylic oxidation sites excluding steroid dienone is 3. The maximum absolute atomic E-state index is 13.2. The molecule has 4 nitrogen and oxygen atoms in total. The molecule has 3 rings (SSSR count). The summed E-state index contributed by atoms with van der Waals surface area (Å²) in [7, 11) is 0. The van der Waals surface area contributed by atoms with Crippen LogP contribution in [0.25, 0.3) is 0 Å². The van der Waals surface area contributed by atoms with Gasteiger partial charge in [0.15, 0.2) is 5.78 Å². The number of nitrogens with one attached hydrogen (secondary N) is 1. The van der Waals surface area contributed by atoms with Crippen LogP contribution in [0.15, 0.2) is 46.8 Å². The van der Waals surface area contributed by atoms with E-state index in [1.165, 1.54) is 5.56 Å². The first-order chi connectivity index (χ1) is 14.3. The summed E-state index contributed by atoms with van der Waals surface area (Å²) < 4.78 is 5.62. The second kappa shape index (κ2) is 9.42. The number of thioether (sulfide) groups is 1. The highest BCUT2D eigenvalue weighted by atomic mass is 32.2. The van der Waals surface area contributed by atoms with Crippen molar-refractivity contribution < 1.29 is 14.3 Å². The van der Waals surface area contributed by atoms with Crippen molar-refractivity contribution in [1.82, 2.24) is 5.32 Å². The van der Waals surface area contributed by atoms with E-state index in [0.29, 0.717) is 18.6 Å². The molecule has 1 unspecified atom stereocenters. The zero-order chi connectivity index (χ0) is 21.9. The summed E-state index contributed by atoms with van der Waals surface area (Å²) in [6.07, 6.45) is 2.24. The molecule has 1 aromatic rings. The number of rotatable bonds is 7. The monoisotopic (exact) mass is 427 g/mol. The van der Waals surface area contributed by atoms with Crippen LogP contribution < -0.4 is 5.32 Å². The van der Waals surface area contributed by atoms with Gasteiger partial charge in [0.25, 0.3) is 0 Å². The lowest BCUT2D eigenvalue weighted by Crippen LogP contribution is -2.38. The normalized spacial score (nSPS) is 20.7. The number of ketones is 1. The Hall–Kier alpha value is -2.01. The smallest absolute Gasteiger partial charge is 0.336 e. The molecule has 0 spiro atoms. The van der Waals surface area contributed by atoms with E-state index in [0.717, 1.165) is 46.9 Å². The van der Waals surface area contributed by atoms with Crippen molar-refractivity contribution in [1.29, 1.82) is 0 Å². The topological polar surface area (TPSA) is 55.4 Å². The molecule has 0 saturated heterocycles. The van der Waals surface area contributed by atoms with E-state index in [-0.39, 0.29) is 23.1 Å². The number of dihydropyridines is 1. The summed E-state index contributed by atoms with van der Waals surface area (Å²) in [6, 6.07) is 8.29. The van der Waals surface area contributed by atoms with Crippen LogP contribution in [-0.4, -0.2) is 29.9 Å². The molecule has 0 bridgehead atoms. The SMILES string of the molecule is CCSCCOC(=O)C1=C(C)NC2=C(C(=O)CC(C)(C)C2)C1c1ccc(CC)cc1. The van der Waals surface area contributed by atoms with Gasteiger partial charge in [-0.1, -0.05) is 52.0 Å². The molecule has 1 aromatic carbocycles. The molecule has 5 heteroatoms. The standard InChI is InChI=1S/C25H33NO3S/c1-6-17-8-10-18(11-9-17)22-21(24(28)29-12-13-30-7-2)16(3)26-19-14-25(4,5)15-20(27)23(19)22/h8-11,22,26H,6-7,12-15H2,1-5H3. The van der Waals surface area contributed by atoms with Gasteiger partial charge in [-0.2, -0.15) is 11.8 Å². The molecule has 1 N–H and O–H groups in total. The van der Waals surface area contributed by atoms with Crippen LogP contribution in [0.2, 0.25) is 0 Å². The second-order valence-electron chi connectivity index (χ2n) is 8.86. The van der Waals surface area contributed by atoms with E-state index in [4.69, 9.17) is 4.74 Å². The molecule has 30 heavy (non-hydrogen) atoms. The summed E-state index contributed by atoms with van der Waals surface area (Å²) in [6.45, 7) is 10.7. The maximum atomic E-state index is 13.2. The van der Waals surface area contributed by atoms with Crippen LogP contribution in [0.3, 0.4) is 0 Å². The predicted octanol–water partition coefficient (Wildman–Crippen LogP) is 5.15. The number of hydrogen-bond donors (Lipinski definition) is 1. The van der Waals surface area contributed by atoms with Crippen molar-refractivity contribution >= 4 is 23.5 Å². The Morgan fingerprint density at radius 1 is 1.20 bits per heavy atom. The number of carbonyl (C=O) groups is 2. The van der Waals surface area contributed by atoms with E-state index in [9.17, 15) is 9.59 Å². The molecule has 0 saturated carbocycles. The van der Waals surface area contributed by atoms with E-state index in [2.05, 4.69) is 57.3 Å². The van der Waals surface area contributed by atoms with Crippen LogP contribution >= 0.6 is 11.8 Å². The molecule has 2 aliphatic rings. The predicted molar refractivity (Wildman–Crippen MR) is 123 cm³/mol. The van der Waals surface area contributed by atoms with Crippen molar-refractivity contribution in [3.63, 3.8) is 0 Å². The highest BCUT2D eigenvalue weighted by Gasteiger charge is 2.43. The minimum Gasteiger partial charge on any atom is -0.461 e. The van der Waals surface area contributed by atoms with Crippen LogP contribution in [0.5, 0.6) is 0 Å². The average Bonchev–Trinajstić information content (AvgIpc) is 2.69. The lowest BCUT2D eigenvalue weighted by atomic mass is 9.68. The van der Waals surface area contributed by atoms with Crippen LogP contribution in [0.1, 0.15) is 64.5 Å². The summed E-state index contributed by atoms with van der Waals surface area (Å²) in [4.78, 5) is 26.4. The first-order valence-corrected chi connectivity index (χ1v) is 12.0. The molecular weight excluding hydrogens is 394 g/mol. The van der Waals surface area contributed by atoms with E-state index >= 15 is 0 Å². The molecule has 1 heterocycles. The maximum Gasteiger partial charge on any atom is 0.336 e. The van der Waals surface area contributed by atoms with Gasteiger partial charge in [-0.15, -0.1) is 0 Å². The molecule has 0 radical (unpaired) electrons. The van der Waals surface area contributed by atoms with Gasteiger partial charge in [0.05, 0.1) is 5.57 Å². The Labute approximate surface area is 184 Å². The van der Waals surface area contributed by atoms with Gasteiger partial charge in [0, 0.05) is 35.1 Å². The summed E-state index contributed by atoms with van der Waals surface area (Å²) in [5, 5.41) is 3.39. The molecule has 0 fully saturated rings. The molecule has 1 atom stereocenters. The van der Waals surface area contributed by atoms with Gasteiger partial charge in [-0.25, -0.2) is 4.79 Å². The van der Waals surface area contributed by atoms with Crippen molar-refractivity contribution in [2.75, 3.05) is 18.1 Å². The summed E-state index contributed by atoms with van der Waals surface area (Å²) >= 11 is 1.74. The van der Waals surface area contributed by atoms with E-state index in [1.54, 1.807) is 11.8 Å². The van der Waals surface area contributed by atoms with Crippen LogP contribution in [-0.2, 0) is 20.7 Å². The number of esters is 1. The fourth-order valence-corrected chi connectivity index (χ4v) is 4.89. The third-order valence-corrected chi connectivity index (χ3v) is 6.71. The first kappa shape index (κ1) is 22.7. The van der Waals surface area contributed by atoms with Crippen molar-refractivity contribution in [2.24, 2.45) is 5.41 Å². The van der Waals surface area contributed by atoms with Gasteiger partial charge in [-0.05, 0) is 42.1 Å². The number of Topliss-reactive ketones (excluding diaryl/α,β-unsaturated/α-hetero) is 1. The third-order valence-electron chi connectivity index (χ3n) is 5.85. The van der Waals surface area contributed by atoms with E-state index < -0.39 is 0 Å². The van der Waals surface area contributed by atoms with Gasteiger partial charge >= 0.3 is 5.97 Å². The Bertz CT molecular complexity index is 880. The Morgan fingerprint density at radius 2 is 1.90 bits per heavy atom. The highest BCUT2D eigenvalue weighted by Crippen LogP contribution is 2.46. The third kappa shape index (κ3) is 4.83. The van der Waals surface area contributed by atoms with Crippen LogP contribution in [0, 0.1) is 5.41 Å². The summed E-state index contributed by atoms with van der Waals surface area (Å²) in [5.74, 6) is 1.19. The zero-order valence-corrected chi connectivity index (χ0v) is 19.6. The lowest BCUT2D eigenvalue weighted by Gasteiger charge is -2.39. The molecule has 0 amide bonds. The first-order valence-electron chi connectivity index (χ1n) is 10.8. The fourth-order valence-electron chi connectivity index (χ4n) is 4.40. The molecule has 1 aliphatic carbocycles. The average molecular weight is 428 g/mol. The molecule has 0 aromatic heterocycles. The van der Waals surface area contributed by atoms with Crippen molar-refractivity contribution in [3.8, 4) is 0 Å². The van der Waals surface area contributed by atoms with Gasteiger partial charge in [-0.3, -0.25) is 4.79 Å². The zero-order valence-electron chi connectivity index (χ0n) is 18.8. The van der Waals surface area contributed by atoms with Gasteiger partial charge in [0.2, 0.25) is 0 Å². The van der Waals surface area contributed by atoms with Crippen molar-refractivity contribution in [2.45, 2.75) is 59.8 Å². The number of ether oxygens (including phenoxy) is 1. The van der Waals surface area contributed by atoms with Gasteiger partial charge in [0.1, 0.15) is 6.61 Å². The Morgan fingerprint density at radius 3 is 2.53 bits per heavy atom. The molecule has 162 valence electrons.